The molecule has 0 aromatic carbocycles. The molecule has 2 amide bonds. The van der Waals surface area contributed by atoms with Crippen LogP contribution in [-0.2, 0) is 14.3 Å². The molecule has 2 heterocycles. The second-order valence-corrected chi connectivity index (χ2v) is 7.10. The standard InChI is InChI=1S/C17H32N4O4.2ClH/c1-14(18-2)15(22)20-7-5-17(6-8-20)13-21(16(23)25-17)10-9-19(3)11-12-24-4;;/h14,18H,5-13H2,1-4H3;2*1H/t14-;;/m0../s1. The summed E-state index contributed by atoms with van der Waals surface area (Å²) in [5.74, 6) is 0.110. The lowest BCUT2D eigenvalue weighted by Gasteiger charge is -2.38. The molecule has 0 aromatic rings. The van der Waals surface area contributed by atoms with Crippen molar-refractivity contribution in [1.82, 2.24) is 20.0 Å². The minimum Gasteiger partial charge on any atom is -0.441 e. The number of hydrogen-bond acceptors (Lipinski definition) is 6. The number of carbonyl (C=O) groups is 2. The predicted octanol–water partition coefficient (Wildman–Crippen LogP) is 0.830. The van der Waals surface area contributed by atoms with Crippen LogP contribution in [0, 0.1) is 0 Å². The number of hydrogen-bond donors (Lipinski definition) is 1. The van der Waals surface area contributed by atoms with Crippen LogP contribution in [0.2, 0.25) is 0 Å². The Hall–Kier alpha value is -0.800. The maximum atomic E-state index is 12.3. The summed E-state index contributed by atoms with van der Waals surface area (Å²) in [5.41, 5.74) is -0.429. The lowest BCUT2D eigenvalue weighted by Crippen LogP contribution is -2.52. The van der Waals surface area contributed by atoms with Crippen LogP contribution in [-0.4, -0.2) is 105 Å². The Balaban J connectivity index is 0.00000338. The number of piperidine rings is 1. The summed E-state index contributed by atoms with van der Waals surface area (Å²) in [5, 5.41) is 2.98. The van der Waals surface area contributed by atoms with Crippen LogP contribution in [0.25, 0.3) is 0 Å². The maximum absolute atomic E-state index is 12.3. The molecule has 0 saturated carbocycles. The van der Waals surface area contributed by atoms with Crippen LogP contribution in [0.4, 0.5) is 4.79 Å². The average Bonchev–Trinajstić information content (AvgIpc) is 2.92. The zero-order valence-electron chi connectivity index (χ0n) is 16.7. The molecule has 0 radical (unpaired) electrons. The number of carbonyl (C=O) groups excluding carboxylic acids is 2. The van der Waals surface area contributed by atoms with E-state index in [0.29, 0.717) is 45.6 Å². The number of rotatable bonds is 8. The van der Waals surface area contributed by atoms with Gasteiger partial charge in [-0.3, -0.25) is 4.79 Å². The fourth-order valence-corrected chi connectivity index (χ4v) is 3.31. The van der Waals surface area contributed by atoms with Crippen molar-refractivity contribution < 1.29 is 19.1 Å². The molecule has 160 valence electrons. The number of methoxy groups -OCH3 is 1. The van der Waals surface area contributed by atoms with Gasteiger partial charge in [0.1, 0.15) is 5.60 Å². The summed E-state index contributed by atoms with van der Waals surface area (Å²) in [4.78, 5) is 30.3. The smallest absolute Gasteiger partial charge is 0.410 e. The normalized spacial score (nSPS) is 19.5. The van der Waals surface area contributed by atoms with Crippen LogP contribution >= 0.6 is 24.8 Å². The Kier molecular flexibility index (Phi) is 11.6. The number of likely N-dealkylation sites (N-methyl/N-ethyl adjacent to an activating group) is 2. The lowest BCUT2D eigenvalue weighted by atomic mass is 9.91. The fourth-order valence-electron chi connectivity index (χ4n) is 3.31. The van der Waals surface area contributed by atoms with Crippen molar-refractivity contribution in [2.75, 3.05) is 67.1 Å². The minimum absolute atomic E-state index is 0. The highest BCUT2D eigenvalue weighted by atomic mass is 35.5. The van der Waals surface area contributed by atoms with Gasteiger partial charge in [-0.25, -0.2) is 4.79 Å². The van der Waals surface area contributed by atoms with Gasteiger partial charge in [0, 0.05) is 52.7 Å². The van der Waals surface area contributed by atoms with E-state index in [9.17, 15) is 9.59 Å². The number of halogens is 2. The van der Waals surface area contributed by atoms with Gasteiger partial charge in [-0.2, -0.15) is 0 Å². The molecule has 2 saturated heterocycles. The quantitative estimate of drug-likeness (QED) is 0.616. The molecule has 8 nitrogen and oxygen atoms in total. The molecule has 1 atom stereocenters. The van der Waals surface area contributed by atoms with Gasteiger partial charge in [0.2, 0.25) is 5.91 Å². The molecule has 2 fully saturated rings. The Bertz CT molecular complexity index is 476. The zero-order valence-corrected chi connectivity index (χ0v) is 18.4. The third kappa shape index (κ3) is 6.94. The van der Waals surface area contributed by atoms with E-state index in [1.807, 2.05) is 18.9 Å². The molecule has 0 aromatic heterocycles. The zero-order chi connectivity index (χ0) is 18.4. The van der Waals surface area contributed by atoms with E-state index in [2.05, 4.69) is 10.2 Å². The number of likely N-dealkylation sites (tertiary alicyclic amines) is 1. The van der Waals surface area contributed by atoms with Gasteiger partial charge >= 0.3 is 6.09 Å². The van der Waals surface area contributed by atoms with E-state index in [1.54, 1.807) is 19.1 Å². The number of nitrogens with zero attached hydrogens (tertiary/aromatic N) is 3. The molecule has 1 N–H and O–H groups in total. The van der Waals surface area contributed by atoms with Crippen molar-refractivity contribution >= 4 is 36.8 Å². The van der Waals surface area contributed by atoms with E-state index >= 15 is 0 Å². The molecule has 0 aliphatic carbocycles. The molecule has 0 unspecified atom stereocenters. The van der Waals surface area contributed by atoms with Crippen molar-refractivity contribution in [3.63, 3.8) is 0 Å². The first-order valence-electron chi connectivity index (χ1n) is 9.02. The summed E-state index contributed by atoms with van der Waals surface area (Å²) in [7, 11) is 5.49. The monoisotopic (exact) mass is 428 g/mol. The first-order chi connectivity index (χ1) is 11.9. The third-order valence-corrected chi connectivity index (χ3v) is 5.26. The van der Waals surface area contributed by atoms with E-state index in [1.165, 1.54) is 0 Å². The Morgan fingerprint density at radius 2 is 1.96 bits per heavy atom. The molecule has 27 heavy (non-hydrogen) atoms. The van der Waals surface area contributed by atoms with Crippen LogP contribution in [0.1, 0.15) is 19.8 Å². The second-order valence-electron chi connectivity index (χ2n) is 7.10. The maximum Gasteiger partial charge on any atom is 0.410 e. The topological polar surface area (TPSA) is 74.4 Å². The highest BCUT2D eigenvalue weighted by molar-refractivity contribution is 5.85. The molecular formula is C17H34Cl2N4O4. The Morgan fingerprint density at radius 3 is 2.52 bits per heavy atom. The van der Waals surface area contributed by atoms with Crippen molar-refractivity contribution in [3.05, 3.63) is 0 Å². The summed E-state index contributed by atoms with van der Waals surface area (Å²) in [6.07, 6.45) is 1.18. The predicted molar refractivity (Wildman–Crippen MR) is 109 cm³/mol. The van der Waals surface area contributed by atoms with Gasteiger partial charge in [-0.05, 0) is 21.0 Å². The van der Waals surface area contributed by atoms with Crippen molar-refractivity contribution in [3.8, 4) is 0 Å². The van der Waals surface area contributed by atoms with Gasteiger partial charge < -0.3 is 29.5 Å². The fraction of sp³-hybridized carbons (Fsp3) is 0.882. The summed E-state index contributed by atoms with van der Waals surface area (Å²) in [6.45, 7) is 6.72. The molecule has 2 aliphatic rings. The van der Waals surface area contributed by atoms with Crippen LogP contribution in [0.3, 0.4) is 0 Å². The molecule has 10 heteroatoms. The molecule has 2 aliphatic heterocycles. The number of ether oxygens (including phenoxy) is 2. The van der Waals surface area contributed by atoms with E-state index in [4.69, 9.17) is 9.47 Å². The van der Waals surface area contributed by atoms with E-state index in [-0.39, 0.29) is 42.9 Å². The molecule has 1 spiro atoms. The van der Waals surface area contributed by atoms with E-state index in [0.717, 1.165) is 13.1 Å². The van der Waals surface area contributed by atoms with Gasteiger partial charge in [-0.15, -0.1) is 24.8 Å². The van der Waals surface area contributed by atoms with Crippen LogP contribution < -0.4 is 5.32 Å². The highest BCUT2D eigenvalue weighted by Gasteiger charge is 2.47. The Morgan fingerprint density at radius 1 is 1.33 bits per heavy atom. The van der Waals surface area contributed by atoms with Gasteiger partial charge in [-0.1, -0.05) is 0 Å². The van der Waals surface area contributed by atoms with E-state index < -0.39 is 5.60 Å². The average molecular weight is 429 g/mol. The van der Waals surface area contributed by atoms with Crippen LogP contribution in [0.15, 0.2) is 0 Å². The van der Waals surface area contributed by atoms with Crippen LogP contribution in [0.5, 0.6) is 0 Å². The minimum atomic E-state index is -0.429. The second kappa shape index (κ2) is 11.9. The van der Waals surface area contributed by atoms with Gasteiger partial charge in [0.05, 0.1) is 19.2 Å². The van der Waals surface area contributed by atoms with Gasteiger partial charge in [0.25, 0.3) is 0 Å². The molecule has 0 bridgehead atoms. The Labute approximate surface area is 174 Å². The molecular weight excluding hydrogens is 395 g/mol. The molecule has 2 rings (SSSR count). The van der Waals surface area contributed by atoms with Crippen molar-refractivity contribution in [2.45, 2.75) is 31.4 Å². The summed E-state index contributed by atoms with van der Waals surface area (Å²) >= 11 is 0. The first kappa shape index (κ1) is 26.2. The third-order valence-electron chi connectivity index (χ3n) is 5.26. The largest absolute Gasteiger partial charge is 0.441 e. The number of nitrogens with one attached hydrogen (secondary N) is 1. The van der Waals surface area contributed by atoms with Gasteiger partial charge in [0.15, 0.2) is 0 Å². The van der Waals surface area contributed by atoms with Crippen molar-refractivity contribution in [2.24, 2.45) is 0 Å². The lowest BCUT2D eigenvalue weighted by molar-refractivity contribution is -0.136. The summed E-state index contributed by atoms with van der Waals surface area (Å²) < 4.78 is 10.8. The first-order valence-corrected chi connectivity index (χ1v) is 9.02. The summed E-state index contributed by atoms with van der Waals surface area (Å²) in [6, 6.07) is -0.181. The SMILES string of the molecule is CN[C@@H](C)C(=O)N1CCC2(CC1)CN(CCN(C)CCOC)C(=O)O2.Cl.Cl. The van der Waals surface area contributed by atoms with Crippen molar-refractivity contribution in [1.29, 1.82) is 0 Å². The highest BCUT2D eigenvalue weighted by Crippen LogP contribution is 2.33. The number of amides is 2.